The Balaban J connectivity index is 1.41. The van der Waals surface area contributed by atoms with E-state index in [2.05, 4.69) is 0 Å². The van der Waals surface area contributed by atoms with Crippen LogP contribution in [-0.2, 0) is 13.2 Å². The molecule has 2 heterocycles. The van der Waals surface area contributed by atoms with Gasteiger partial charge in [-0.1, -0.05) is 72.8 Å². The molecule has 6 heteroatoms. The van der Waals surface area contributed by atoms with Crippen LogP contribution < -0.4 is 10.2 Å². The Morgan fingerprint density at radius 1 is 0.811 bits per heavy atom. The number of nitrogens with zero attached hydrogens (tertiary/aromatic N) is 1. The summed E-state index contributed by atoms with van der Waals surface area (Å²) in [6, 6.07) is 29.8. The summed E-state index contributed by atoms with van der Waals surface area (Å²) in [6.07, 6.45) is 0. The first kappa shape index (κ1) is 22.7. The van der Waals surface area contributed by atoms with E-state index in [0.29, 0.717) is 12.4 Å². The second-order valence-corrected chi connectivity index (χ2v) is 8.98. The van der Waals surface area contributed by atoms with E-state index in [1.54, 1.807) is 4.90 Å². The van der Waals surface area contributed by atoms with Gasteiger partial charge in [0.15, 0.2) is 5.43 Å². The summed E-state index contributed by atoms with van der Waals surface area (Å²) in [7, 11) is 0. The van der Waals surface area contributed by atoms with Gasteiger partial charge in [0.05, 0.1) is 17.0 Å². The van der Waals surface area contributed by atoms with Gasteiger partial charge in [0.2, 0.25) is 5.76 Å². The first-order valence-electron chi connectivity index (χ1n) is 12.0. The minimum absolute atomic E-state index is 0.00514. The normalized spacial score (nSPS) is 14.7. The molecule has 0 N–H and O–H groups in total. The number of rotatable bonds is 6. The van der Waals surface area contributed by atoms with Crippen LogP contribution in [0.25, 0.3) is 11.0 Å². The molecule has 0 fully saturated rings. The van der Waals surface area contributed by atoms with Crippen LogP contribution in [0.2, 0.25) is 0 Å². The van der Waals surface area contributed by atoms with Crippen LogP contribution >= 0.6 is 0 Å². The fourth-order valence-corrected chi connectivity index (χ4v) is 4.77. The zero-order valence-electron chi connectivity index (χ0n) is 19.8. The number of benzene rings is 4. The molecular formula is C31H22FNO4. The first-order chi connectivity index (χ1) is 18.1. The fraction of sp³-hybridized carbons (Fsp3) is 0.0968. The molecule has 1 aliphatic heterocycles. The van der Waals surface area contributed by atoms with Gasteiger partial charge in [0, 0.05) is 6.54 Å². The van der Waals surface area contributed by atoms with Crippen molar-refractivity contribution >= 4 is 16.9 Å². The highest BCUT2D eigenvalue weighted by Gasteiger charge is 2.42. The Morgan fingerprint density at radius 3 is 2.19 bits per heavy atom. The van der Waals surface area contributed by atoms with E-state index in [4.69, 9.17) is 9.15 Å². The molecule has 0 spiro atoms. The number of carbonyl (C=O) groups is 1. The van der Waals surface area contributed by atoms with E-state index in [0.717, 1.165) is 22.8 Å². The topological polar surface area (TPSA) is 59.8 Å². The third-order valence-electron chi connectivity index (χ3n) is 6.57. The Bertz CT molecular complexity index is 1650. The van der Waals surface area contributed by atoms with Gasteiger partial charge in [-0.25, -0.2) is 4.39 Å². The Morgan fingerprint density at radius 2 is 1.49 bits per heavy atom. The third kappa shape index (κ3) is 4.27. The second kappa shape index (κ2) is 9.39. The van der Waals surface area contributed by atoms with E-state index >= 15 is 0 Å². The molecule has 0 saturated carbocycles. The van der Waals surface area contributed by atoms with Crippen molar-refractivity contribution in [1.82, 2.24) is 4.90 Å². The highest BCUT2D eigenvalue weighted by Crippen LogP contribution is 2.39. The van der Waals surface area contributed by atoms with Crippen LogP contribution in [-0.4, -0.2) is 10.8 Å². The number of amides is 1. The molecular weight excluding hydrogens is 469 g/mol. The van der Waals surface area contributed by atoms with Crippen LogP contribution in [0.1, 0.15) is 38.9 Å². The van der Waals surface area contributed by atoms with Gasteiger partial charge in [-0.15, -0.1) is 0 Å². The smallest absolute Gasteiger partial charge is 0.291 e. The minimum atomic E-state index is -0.685. The number of fused-ring (bicyclic) bond motifs is 2. The monoisotopic (exact) mass is 491 g/mol. The summed E-state index contributed by atoms with van der Waals surface area (Å²) in [5, 5.41) is 0.112. The maximum atomic E-state index is 14.0. The fourth-order valence-electron chi connectivity index (χ4n) is 4.77. The van der Waals surface area contributed by atoms with Crippen molar-refractivity contribution in [3.05, 3.63) is 147 Å². The molecule has 0 saturated heterocycles. The van der Waals surface area contributed by atoms with Crippen molar-refractivity contribution in [2.45, 2.75) is 19.2 Å². The lowest BCUT2D eigenvalue weighted by Gasteiger charge is -2.25. The Hall–Kier alpha value is -4.71. The summed E-state index contributed by atoms with van der Waals surface area (Å²) in [4.78, 5) is 28.8. The van der Waals surface area contributed by atoms with E-state index in [1.165, 1.54) is 12.1 Å². The van der Waals surface area contributed by atoms with Gasteiger partial charge in [0.25, 0.3) is 5.91 Å². The van der Waals surface area contributed by atoms with Crippen LogP contribution in [0.15, 0.2) is 112 Å². The zero-order valence-corrected chi connectivity index (χ0v) is 19.8. The van der Waals surface area contributed by atoms with Crippen molar-refractivity contribution in [1.29, 1.82) is 0 Å². The quantitative estimate of drug-likeness (QED) is 0.281. The average molecular weight is 492 g/mol. The standard InChI is InChI=1S/C31H22FNO4/c32-23-13-16-26-25(17-23)29(34)27-28(33(31(35)30(27)37-26)18-20-7-3-1-4-8-20)22-11-14-24(15-12-22)36-19-21-9-5-2-6-10-21/h1-17,28H,18-19H2. The van der Waals surface area contributed by atoms with E-state index in [1.807, 2.05) is 84.9 Å². The summed E-state index contributed by atoms with van der Waals surface area (Å²) in [6.45, 7) is 0.706. The van der Waals surface area contributed by atoms with E-state index < -0.39 is 17.3 Å². The molecule has 5 aromatic rings. The van der Waals surface area contributed by atoms with Gasteiger partial charge >= 0.3 is 0 Å². The Labute approximate surface area is 212 Å². The van der Waals surface area contributed by atoms with Crippen LogP contribution in [0, 0.1) is 5.82 Å². The highest BCUT2D eigenvalue weighted by molar-refractivity contribution is 5.99. The van der Waals surface area contributed by atoms with Crippen molar-refractivity contribution in [3.63, 3.8) is 0 Å². The predicted octanol–water partition coefficient (Wildman–Crippen LogP) is 6.26. The summed E-state index contributed by atoms with van der Waals surface area (Å²) >= 11 is 0. The first-order valence-corrected chi connectivity index (χ1v) is 12.0. The molecule has 4 aromatic carbocycles. The molecule has 0 radical (unpaired) electrons. The molecule has 1 atom stereocenters. The van der Waals surface area contributed by atoms with Gasteiger partial charge < -0.3 is 14.1 Å². The maximum Gasteiger partial charge on any atom is 0.291 e. The van der Waals surface area contributed by atoms with E-state index in [9.17, 15) is 14.0 Å². The number of hydrogen-bond acceptors (Lipinski definition) is 4. The van der Waals surface area contributed by atoms with Crippen molar-refractivity contribution in [2.24, 2.45) is 0 Å². The highest BCUT2D eigenvalue weighted by atomic mass is 19.1. The van der Waals surface area contributed by atoms with Gasteiger partial charge in [-0.2, -0.15) is 0 Å². The molecule has 6 rings (SSSR count). The summed E-state index contributed by atoms with van der Waals surface area (Å²) < 4.78 is 25.8. The molecule has 1 amide bonds. The minimum Gasteiger partial charge on any atom is -0.489 e. The summed E-state index contributed by atoms with van der Waals surface area (Å²) in [5.74, 6) is -0.257. The number of ether oxygens (including phenoxy) is 1. The largest absolute Gasteiger partial charge is 0.489 e. The zero-order chi connectivity index (χ0) is 25.4. The molecule has 0 aliphatic carbocycles. The van der Waals surface area contributed by atoms with Crippen LogP contribution in [0.4, 0.5) is 4.39 Å². The third-order valence-corrected chi connectivity index (χ3v) is 6.57. The Kier molecular flexibility index (Phi) is 5.77. The lowest BCUT2D eigenvalue weighted by molar-refractivity contribution is 0.0714. The lowest BCUT2D eigenvalue weighted by Crippen LogP contribution is -2.29. The maximum absolute atomic E-state index is 14.0. The SMILES string of the molecule is O=C1c2oc3ccc(F)cc3c(=O)c2C(c2ccc(OCc3ccccc3)cc2)N1Cc1ccccc1. The summed E-state index contributed by atoms with van der Waals surface area (Å²) in [5.41, 5.74) is 2.69. The average Bonchev–Trinajstić information content (AvgIpc) is 3.21. The van der Waals surface area contributed by atoms with E-state index in [-0.39, 0.29) is 34.7 Å². The lowest BCUT2D eigenvalue weighted by atomic mass is 9.98. The number of carbonyl (C=O) groups excluding carboxylic acids is 1. The van der Waals surface area contributed by atoms with Crippen molar-refractivity contribution in [3.8, 4) is 5.75 Å². The molecule has 182 valence electrons. The van der Waals surface area contributed by atoms with Crippen molar-refractivity contribution < 1.29 is 18.3 Å². The van der Waals surface area contributed by atoms with Gasteiger partial charge in [0.1, 0.15) is 23.8 Å². The number of halogens is 1. The molecule has 1 aliphatic rings. The predicted molar refractivity (Wildman–Crippen MR) is 138 cm³/mol. The van der Waals surface area contributed by atoms with Crippen LogP contribution in [0.5, 0.6) is 5.75 Å². The molecule has 37 heavy (non-hydrogen) atoms. The van der Waals surface area contributed by atoms with Gasteiger partial charge in [-0.3, -0.25) is 9.59 Å². The van der Waals surface area contributed by atoms with Gasteiger partial charge in [-0.05, 0) is 47.0 Å². The molecule has 5 nitrogen and oxygen atoms in total. The second-order valence-electron chi connectivity index (χ2n) is 8.98. The molecule has 0 bridgehead atoms. The van der Waals surface area contributed by atoms with Crippen molar-refractivity contribution in [2.75, 3.05) is 0 Å². The molecule has 1 unspecified atom stereocenters. The number of hydrogen-bond donors (Lipinski definition) is 0. The van der Waals surface area contributed by atoms with Crippen LogP contribution in [0.3, 0.4) is 0 Å². The molecule has 1 aromatic heterocycles.